The average Bonchev–Trinajstić information content (AvgIpc) is 4.12. The summed E-state index contributed by atoms with van der Waals surface area (Å²) in [5.41, 5.74) is -2.65. The number of hydrogen-bond donors (Lipinski definition) is 2. The van der Waals surface area contributed by atoms with Crippen LogP contribution in [0.4, 0.5) is 0 Å². The van der Waals surface area contributed by atoms with Crippen molar-refractivity contribution in [3.05, 3.63) is 12.7 Å². The summed E-state index contributed by atoms with van der Waals surface area (Å²) in [5.74, 6) is -3.14. The Morgan fingerprint density at radius 2 is 1.56 bits per heavy atom. The molecule has 5 saturated carbocycles. The average molecular weight is 842 g/mol. The van der Waals surface area contributed by atoms with E-state index in [0.29, 0.717) is 13.0 Å². The highest BCUT2D eigenvalue weighted by Gasteiger charge is 2.85. The molecule has 2 N–H and O–H groups in total. The molecule has 0 aromatic rings. The molecule has 0 unspecified atom stereocenters. The molecule has 7 rings (SSSR count). The number of ketones is 2. The number of likely N-dealkylation sites (tertiary alicyclic amines) is 2. The van der Waals surface area contributed by atoms with Gasteiger partial charge in [-0.1, -0.05) is 72.8 Å². The van der Waals surface area contributed by atoms with Gasteiger partial charge in [-0.2, -0.15) is 0 Å². The van der Waals surface area contributed by atoms with Gasteiger partial charge in [0.1, 0.15) is 0 Å². The van der Waals surface area contributed by atoms with E-state index in [4.69, 9.17) is 4.11 Å². The number of piperidine rings is 1. The number of Topliss-reactive ketones (excluding diaryl/α,β-unsaturated/α-hetero) is 2. The molecule has 2 spiro atoms. The van der Waals surface area contributed by atoms with Gasteiger partial charge in [0, 0.05) is 40.9 Å². The van der Waals surface area contributed by atoms with Gasteiger partial charge in [-0.3, -0.25) is 33.6 Å². The maximum absolute atomic E-state index is 15.4. The van der Waals surface area contributed by atoms with Gasteiger partial charge < -0.3 is 10.2 Å². The largest absolute Gasteiger partial charge is 0.345 e. The van der Waals surface area contributed by atoms with Crippen molar-refractivity contribution in [1.82, 2.24) is 19.8 Å². The van der Waals surface area contributed by atoms with Gasteiger partial charge >= 0.3 is 0 Å². The van der Waals surface area contributed by atoms with E-state index in [2.05, 4.69) is 49.2 Å². The lowest BCUT2D eigenvalue weighted by molar-refractivity contribution is -0.147. The molecule has 2 heterocycles. The number of fused-ring (bicyclic) bond motifs is 1. The van der Waals surface area contributed by atoms with Gasteiger partial charge in [-0.15, -0.1) is 6.58 Å². The van der Waals surface area contributed by atoms with Crippen molar-refractivity contribution in [3.8, 4) is 0 Å². The molecule has 59 heavy (non-hydrogen) atoms. The van der Waals surface area contributed by atoms with Crippen molar-refractivity contribution in [2.75, 3.05) is 13.1 Å². The van der Waals surface area contributed by atoms with E-state index in [0.717, 1.165) is 77.2 Å². The number of allylic oxidation sites excluding steroid dienone is 1. The number of carbonyl (C=O) groups excluding carboxylic acids is 5. The maximum atomic E-state index is 15.4. The number of carbonyl (C=O) groups is 5. The predicted octanol–water partition coefficient (Wildman–Crippen LogP) is 6.88. The first kappa shape index (κ1) is 40.5. The van der Waals surface area contributed by atoms with E-state index >= 15 is 4.79 Å². The normalized spacial score (nSPS) is 34.1. The van der Waals surface area contributed by atoms with Crippen molar-refractivity contribution < 1.29 is 36.5 Å². The Kier molecular flexibility index (Phi) is 10.5. The summed E-state index contributed by atoms with van der Waals surface area (Å²) < 4.78 is 50.7. The lowest BCUT2D eigenvalue weighted by Gasteiger charge is -2.40. The Morgan fingerprint density at radius 3 is 2.08 bits per heavy atom. The molecule has 330 valence electrons. The summed E-state index contributed by atoms with van der Waals surface area (Å²) in [4.78, 5) is 77.3. The van der Waals surface area contributed by atoms with Gasteiger partial charge in [0.15, 0.2) is 11.6 Å². The second-order valence-electron chi connectivity index (χ2n) is 21.9. The Hall–Kier alpha value is -2.60. The van der Waals surface area contributed by atoms with Gasteiger partial charge in [0.25, 0.3) is 0 Å². The first-order chi connectivity index (χ1) is 28.8. The molecule has 0 radical (unpaired) electrons. The van der Waals surface area contributed by atoms with E-state index in [1.807, 2.05) is 20.8 Å². The van der Waals surface area contributed by atoms with E-state index in [1.165, 1.54) is 0 Å². The summed E-state index contributed by atoms with van der Waals surface area (Å²) in [5, 5.41) is 3.25. The maximum Gasteiger partial charge on any atom is 0.240 e. The minimum absolute atomic E-state index is 0.0276. The predicted molar refractivity (Wildman–Crippen MR) is 228 cm³/mol. The highest BCUT2D eigenvalue weighted by Crippen LogP contribution is 2.88. The highest BCUT2D eigenvalue weighted by molar-refractivity contribution is 7.91. The summed E-state index contributed by atoms with van der Waals surface area (Å²) in [6, 6.07) is -1.75. The van der Waals surface area contributed by atoms with E-state index in [1.54, 1.807) is 11.0 Å². The molecule has 0 aromatic carbocycles. The van der Waals surface area contributed by atoms with Crippen LogP contribution in [0, 0.1) is 44.8 Å². The number of nitrogens with one attached hydrogen (secondary N) is 2. The van der Waals surface area contributed by atoms with Crippen molar-refractivity contribution in [2.45, 2.75) is 193 Å². The zero-order valence-corrected chi connectivity index (χ0v) is 37.7. The minimum atomic E-state index is -4.60. The van der Waals surface area contributed by atoms with Crippen LogP contribution in [0.15, 0.2) is 12.7 Å². The lowest BCUT2D eigenvalue weighted by Crippen LogP contribution is -2.57. The summed E-state index contributed by atoms with van der Waals surface area (Å²) in [6.07, 6.45) is 12.0. The Morgan fingerprint density at radius 1 is 0.898 bits per heavy atom. The van der Waals surface area contributed by atoms with Crippen LogP contribution >= 0.6 is 0 Å². The summed E-state index contributed by atoms with van der Waals surface area (Å²) >= 11 is 0. The highest BCUT2D eigenvalue weighted by atomic mass is 32.2. The van der Waals surface area contributed by atoms with Crippen LogP contribution < -0.4 is 10.0 Å². The molecule has 3 amide bonds. The molecule has 12 heteroatoms. The molecule has 5 aliphatic carbocycles. The standard InChI is InChI=1S/C47H74N4O7S/c1-10-32-26-45(32,41(56)49-59(57,58)44(9)22-23-44)28-37(53)35-27-47(43(7,8)46(47)20-16-21-46)29-51(35)40(55)33(42(4,5)6)25-36(52)38(31-17-12-11-13-18-31)48-39(54)34-19-14-15-24-50(34)30(2)3/h10,30-35,38H,1,11-29H2,2-9H3,(H,48,54)(H,49,56)/t32-,33-,34+,35+,38+,45-,47-/m1/s1/i9D3. The molecule has 7 atom stereocenters. The van der Waals surface area contributed by atoms with Crippen LogP contribution in [0.25, 0.3) is 0 Å². The third-order valence-electron chi connectivity index (χ3n) is 17.3. The van der Waals surface area contributed by atoms with Crippen LogP contribution in [-0.4, -0.2) is 89.5 Å². The molecule has 0 aromatic heterocycles. The van der Waals surface area contributed by atoms with Crippen LogP contribution in [0.5, 0.6) is 0 Å². The summed E-state index contributed by atoms with van der Waals surface area (Å²) in [7, 11) is -4.60. The van der Waals surface area contributed by atoms with Crippen LogP contribution in [-0.2, 0) is 34.0 Å². The third kappa shape index (κ3) is 7.37. The molecule has 7 fully saturated rings. The Bertz CT molecular complexity index is 1950. The van der Waals surface area contributed by atoms with Crippen LogP contribution in [0.1, 0.15) is 169 Å². The molecular weight excluding hydrogens is 765 g/mol. The summed E-state index contributed by atoms with van der Waals surface area (Å²) in [6.45, 7) is 16.7. The Balaban J connectivity index is 1.16. The van der Waals surface area contributed by atoms with Gasteiger partial charge in [0.2, 0.25) is 27.7 Å². The fourth-order valence-electron chi connectivity index (χ4n) is 12.8. The Labute approximate surface area is 358 Å². The molecule has 0 bridgehead atoms. The molecular formula is C47H74N4O7S. The third-order valence-corrected chi connectivity index (χ3v) is 19.2. The molecule has 2 saturated heterocycles. The topological polar surface area (TPSA) is 150 Å². The van der Waals surface area contributed by atoms with E-state index in [-0.39, 0.29) is 89.7 Å². The minimum Gasteiger partial charge on any atom is -0.345 e. The van der Waals surface area contributed by atoms with Crippen LogP contribution in [0.3, 0.4) is 0 Å². The van der Waals surface area contributed by atoms with Crippen LogP contribution in [0.2, 0.25) is 0 Å². The van der Waals surface area contributed by atoms with Crippen molar-refractivity contribution in [3.63, 3.8) is 0 Å². The number of amides is 3. The number of sulfonamides is 1. The zero-order chi connectivity index (χ0) is 45.6. The van der Waals surface area contributed by atoms with Gasteiger partial charge in [-0.25, -0.2) is 8.42 Å². The smallest absolute Gasteiger partial charge is 0.240 e. The monoisotopic (exact) mass is 842 g/mol. The first-order valence-corrected chi connectivity index (χ1v) is 24.4. The van der Waals surface area contributed by atoms with Crippen molar-refractivity contribution >= 4 is 39.3 Å². The molecule has 7 aliphatic rings. The second kappa shape index (κ2) is 15.3. The second-order valence-corrected chi connectivity index (χ2v) is 23.9. The number of rotatable bonds is 15. The van der Waals surface area contributed by atoms with Crippen molar-refractivity contribution in [2.24, 2.45) is 44.8 Å². The van der Waals surface area contributed by atoms with Gasteiger partial charge in [0.05, 0.1) is 28.3 Å². The van der Waals surface area contributed by atoms with Crippen molar-refractivity contribution in [1.29, 1.82) is 0 Å². The van der Waals surface area contributed by atoms with E-state index < -0.39 is 62.3 Å². The fraction of sp³-hybridized carbons (Fsp3) is 0.851. The molecule has 11 nitrogen and oxygen atoms in total. The fourth-order valence-corrected chi connectivity index (χ4v) is 14.0. The lowest BCUT2D eigenvalue weighted by atomic mass is 9.73. The zero-order valence-electron chi connectivity index (χ0n) is 39.9. The van der Waals surface area contributed by atoms with E-state index in [9.17, 15) is 27.6 Å². The number of hydrogen-bond acceptors (Lipinski definition) is 8. The van der Waals surface area contributed by atoms with Gasteiger partial charge in [-0.05, 0) is 120 Å². The number of nitrogens with zero attached hydrogens (tertiary/aromatic N) is 2. The first-order valence-electron chi connectivity index (χ1n) is 24.4. The molecule has 2 aliphatic heterocycles. The quantitative estimate of drug-likeness (QED) is 0.170. The SMILES string of the molecule is [2H]C([2H])([2H])C1(S(=O)(=O)NC(=O)[C@@]2(CC(=O)[C@@H]3C[C@@]4(CN3C(=O)[C@@H](CC(=O)[C@@H](NC(=O)[C@@H]3CCCCN3C(C)C)C3CCCCC3)C(C)(C)C)C(C)(C)C43CCC3)C[C@H]2C=C)CC1.